The van der Waals surface area contributed by atoms with Crippen LogP contribution in [0.5, 0.6) is 5.75 Å². The van der Waals surface area contributed by atoms with Gasteiger partial charge in [0.15, 0.2) is 0 Å². The number of methoxy groups -OCH3 is 1. The van der Waals surface area contributed by atoms with Gasteiger partial charge in [-0.1, -0.05) is 18.9 Å². The second kappa shape index (κ2) is 9.78. The lowest BCUT2D eigenvalue weighted by Gasteiger charge is -2.27. The molecule has 2 aliphatic rings. The molecule has 26 heavy (non-hydrogen) atoms. The van der Waals surface area contributed by atoms with Crippen LogP contribution in [-0.2, 0) is 4.74 Å². The van der Waals surface area contributed by atoms with Crippen molar-refractivity contribution in [1.29, 1.82) is 0 Å². The van der Waals surface area contributed by atoms with Gasteiger partial charge >= 0.3 is 6.03 Å². The van der Waals surface area contributed by atoms with Crippen molar-refractivity contribution in [1.82, 2.24) is 9.80 Å². The van der Waals surface area contributed by atoms with Crippen molar-refractivity contribution in [2.45, 2.75) is 38.1 Å². The number of amides is 2. The van der Waals surface area contributed by atoms with Gasteiger partial charge in [0.25, 0.3) is 0 Å². The molecule has 0 unspecified atom stereocenters. The van der Waals surface area contributed by atoms with Crippen molar-refractivity contribution < 1.29 is 14.3 Å². The number of carbonyl (C=O) groups excluding carboxylic acids is 1. The van der Waals surface area contributed by atoms with Crippen LogP contribution in [0.1, 0.15) is 32.1 Å². The number of rotatable bonds is 6. The van der Waals surface area contributed by atoms with Gasteiger partial charge in [-0.3, -0.25) is 4.90 Å². The number of hydrogen-bond acceptors (Lipinski definition) is 4. The molecule has 0 bridgehead atoms. The fraction of sp³-hybridized carbons (Fsp3) is 0.650. The van der Waals surface area contributed by atoms with Gasteiger partial charge in [-0.15, -0.1) is 0 Å². The zero-order valence-electron chi connectivity index (χ0n) is 15.8. The van der Waals surface area contributed by atoms with E-state index in [1.807, 2.05) is 29.2 Å². The van der Waals surface area contributed by atoms with Crippen molar-refractivity contribution in [3.8, 4) is 5.75 Å². The monoisotopic (exact) mass is 361 g/mol. The molecule has 0 spiro atoms. The lowest BCUT2D eigenvalue weighted by atomic mass is 10.2. The molecule has 2 fully saturated rings. The number of urea groups is 1. The summed E-state index contributed by atoms with van der Waals surface area (Å²) in [5.74, 6) is 0.739. The molecule has 1 saturated carbocycles. The highest BCUT2D eigenvalue weighted by molar-refractivity contribution is 5.89. The highest BCUT2D eigenvalue weighted by Gasteiger charge is 2.26. The Morgan fingerprint density at radius 1 is 1.12 bits per heavy atom. The number of nitrogens with one attached hydrogen (secondary N) is 1. The van der Waals surface area contributed by atoms with Crippen LogP contribution in [-0.4, -0.2) is 68.4 Å². The van der Waals surface area contributed by atoms with Crippen LogP contribution in [0.25, 0.3) is 0 Å². The molecule has 6 nitrogen and oxygen atoms in total. The Morgan fingerprint density at radius 3 is 2.77 bits per heavy atom. The molecule has 1 aliphatic carbocycles. The van der Waals surface area contributed by atoms with E-state index in [1.165, 1.54) is 25.7 Å². The molecule has 0 aromatic heterocycles. The molecule has 3 rings (SSSR count). The molecule has 0 atom stereocenters. The average Bonchev–Trinajstić information content (AvgIpc) is 3.07. The Kier molecular flexibility index (Phi) is 7.14. The quantitative estimate of drug-likeness (QED) is 0.791. The molecule has 144 valence electrons. The van der Waals surface area contributed by atoms with Crippen LogP contribution < -0.4 is 10.1 Å². The first-order chi connectivity index (χ1) is 12.8. The van der Waals surface area contributed by atoms with Gasteiger partial charge < -0.3 is 19.7 Å². The fourth-order valence-electron chi connectivity index (χ4n) is 3.88. The first-order valence-electron chi connectivity index (χ1n) is 9.78. The number of benzene rings is 1. The highest BCUT2D eigenvalue weighted by Crippen LogP contribution is 2.24. The minimum absolute atomic E-state index is 0.0210. The van der Waals surface area contributed by atoms with Gasteiger partial charge in [0.2, 0.25) is 0 Å². The van der Waals surface area contributed by atoms with Gasteiger partial charge in [0.05, 0.1) is 6.61 Å². The first kappa shape index (κ1) is 19.0. The predicted octanol–water partition coefficient (Wildman–Crippen LogP) is 3.19. The smallest absolute Gasteiger partial charge is 0.321 e. The second-order valence-corrected chi connectivity index (χ2v) is 7.11. The van der Waals surface area contributed by atoms with E-state index in [2.05, 4.69) is 10.2 Å². The fourth-order valence-corrected chi connectivity index (χ4v) is 3.88. The maximum atomic E-state index is 12.7. The molecule has 1 N–H and O–H groups in total. The Morgan fingerprint density at radius 2 is 1.96 bits per heavy atom. The zero-order chi connectivity index (χ0) is 18.2. The van der Waals surface area contributed by atoms with Crippen molar-refractivity contribution in [3.63, 3.8) is 0 Å². The van der Waals surface area contributed by atoms with E-state index in [0.717, 1.165) is 50.1 Å². The zero-order valence-corrected chi connectivity index (χ0v) is 15.8. The van der Waals surface area contributed by atoms with Gasteiger partial charge in [0.1, 0.15) is 12.4 Å². The number of ether oxygens (including phenoxy) is 2. The maximum Gasteiger partial charge on any atom is 0.321 e. The van der Waals surface area contributed by atoms with Crippen LogP contribution in [0.2, 0.25) is 0 Å². The molecule has 1 aromatic carbocycles. The highest BCUT2D eigenvalue weighted by atomic mass is 16.5. The molecule has 1 aliphatic heterocycles. The van der Waals surface area contributed by atoms with E-state index < -0.39 is 0 Å². The number of hydrogen-bond donors (Lipinski definition) is 1. The standard InChI is InChI=1S/C20H31N3O3/c1-25-14-15-26-19-9-4-6-17(16-19)21-20(24)23-11-5-10-22(12-13-23)18-7-2-3-8-18/h4,6,9,16,18H,2-3,5,7-8,10-15H2,1H3,(H,21,24). The van der Waals surface area contributed by atoms with Crippen LogP contribution in [0.3, 0.4) is 0 Å². The van der Waals surface area contributed by atoms with E-state index in [0.29, 0.717) is 13.2 Å². The largest absolute Gasteiger partial charge is 0.491 e. The third kappa shape index (κ3) is 5.35. The summed E-state index contributed by atoms with van der Waals surface area (Å²) < 4.78 is 10.6. The van der Waals surface area contributed by atoms with Crippen molar-refractivity contribution >= 4 is 11.7 Å². The summed E-state index contributed by atoms with van der Waals surface area (Å²) in [7, 11) is 1.65. The molecule has 1 saturated heterocycles. The summed E-state index contributed by atoms with van der Waals surface area (Å²) >= 11 is 0. The SMILES string of the molecule is COCCOc1cccc(NC(=O)N2CCCN(C3CCCC3)CC2)c1. The maximum absolute atomic E-state index is 12.7. The van der Waals surface area contributed by atoms with Crippen LogP contribution in [0.4, 0.5) is 10.5 Å². The Balaban J connectivity index is 1.50. The predicted molar refractivity (Wildman–Crippen MR) is 103 cm³/mol. The van der Waals surface area contributed by atoms with Crippen LogP contribution >= 0.6 is 0 Å². The number of carbonyl (C=O) groups is 1. The van der Waals surface area contributed by atoms with Gasteiger partial charge in [-0.05, 0) is 31.4 Å². The van der Waals surface area contributed by atoms with E-state index >= 15 is 0 Å². The minimum atomic E-state index is -0.0210. The first-order valence-corrected chi connectivity index (χ1v) is 9.78. The Bertz CT molecular complexity index is 575. The molecular weight excluding hydrogens is 330 g/mol. The lowest BCUT2D eigenvalue weighted by molar-refractivity contribution is 0.146. The summed E-state index contributed by atoms with van der Waals surface area (Å²) in [6.45, 7) is 4.75. The molecule has 1 heterocycles. The molecular formula is C20H31N3O3. The summed E-state index contributed by atoms with van der Waals surface area (Å²) in [6.07, 6.45) is 6.40. The van der Waals surface area contributed by atoms with E-state index in [1.54, 1.807) is 7.11 Å². The van der Waals surface area contributed by atoms with Crippen molar-refractivity contribution in [2.75, 3.05) is 51.8 Å². The molecule has 0 radical (unpaired) electrons. The van der Waals surface area contributed by atoms with Crippen LogP contribution in [0.15, 0.2) is 24.3 Å². The van der Waals surface area contributed by atoms with Crippen molar-refractivity contribution in [2.24, 2.45) is 0 Å². The third-order valence-corrected chi connectivity index (χ3v) is 5.30. The van der Waals surface area contributed by atoms with Gasteiger partial charge in [-0.25, -0.2) is 4.79 Å². The van der Waals surface area contributed by atoms with Crippen molar-refractivity contribution in [3.05, 3.63) is 24.3 Å². The van der Waals surface area contributed by atoms with E-state index in [4.69, 9.17) is 9.47 Å². The van der Waals surface area contributed by atoms with Crippen LogP contribution in [0, 0.1) is 0 Å². The summed E-state index contributed by atoms with van der Waals surface area (Å²) in [6, 6.07) is 8.24. The normalized spacial score (nSPS) is 19.3. The summed E-state index contributed by atoms with van der Waals surface area (Å²) in [5, 5.41) is 3.01. The topological polar surface area (TPSA) is 54.0 Å². The van der Waals surface area contributed by atoms with Gasteiger partial charge in [0, 0.05) is 51.1 Å². The lowest BCUT2D eigenvalue weighted by Crippen LogP contribution is -2.40. The number of anilines is 1. The molecule has 6 heteroatoms. The summed E-state index contributed by atoms with van der Waals surface area (Å²) in [5.41, 5.74) is 0.766. The second-order valence-electron chi connectivity index (χ2n) is 7.11. The Labute approximate surface area is 156 Å². The number of nitrogens with zero attached hydrogens (tertiary/aromatic N) is 2. The minimum Gasteiger partial charge on any atom is -0.491 e. The van der Waals surface area contributed by atoms with E-state index in [9.17, 15) is 4.79 Å². The third-order valence-electron chi connectivity index (χ3n) is 5.30. The molecule has 1 aromatic rings. The Hall–Kier alpha value is -1.79. The van der Waals surface area contributed by atoms with E-state index in [-0.39, 0.29) is 6.03 Å². The van der Waals surface area contributed by atoms with Gasteiger partial charge in [-0.2, -0.15) is 0 Å². The molecule has 2 amide bonds. The summed E-state index contributed by atoms with van der Waals surface area (Å²) in [4.78, 5) is 17.2. The average molecular weight is 361 g/mol.